The Morgan fingerprint density at radius 2 is 1.93 bits per heavy atom. The summed E-state index contributed by atoms with van der Waals surface area (Å²) in [5.41, 5.74) is 0.968. The average molecular weight is 376 g/mol. The van der Waals surface area contributed by atoms with E-state index < -0.39 is 18.5 Å². The van der Waals surface area contributed by atoms with Gasteiger partial charge in [0, 0.05) is 37.8 Å². The Balaban J connectivity index is 1.48. The molecular formula is C19H22F2N4O2. The lowest BCUT2D eigenvalue weighted by molar-refractivity contribution is -0.138. The SMILES string of the molecule is O=C(C1CCC1)N1CCN(c2ccc3c(=O)n(CC(F)F)cnc3c2)CC1. The molecule has 2 fully saturated rings. The molecular weight excluding hydrogens is 354 g/mol. The van der Waals surface area contributed by atoms with Crippen LogP contribution in [0.1, 0.15) is 19.3 Å². The molecule has 0 N–H and O–H groups in total. The van der Waals surface area contributed by atoms with Crippen LogP contribution in [-0.2, 0) is 11.3 Å². The number of aromatic nitrogens is 2. The van der Waals surface area contributed by atoms with Gasteiger partial charge in [-0.2, -0.15) is 0 Å². The van der Waals surface area contributed by atoms with Gasteiger partial charge in [0.15, 0.2) is 0 Å². The first kappa shape index (κ1) is 17.9. The van der Waals surface area contributed by atoms with Gasteiger partial charge in [-0.05, 0) is 31.0 Å². The lowest BCUT2D eigenvalue weighted by atomic mass is 9.84. The van der Waals surface area contributed by atoms with E-state index in [9.17, 15) is 18.4 Å². The zero-order chi connectivity index (χ0) is 19.0. The van der Waals surface area contributed by atoms with Crippen molar-refractivity contribution in [3.8, 4) is 0 Å². The van der Waals surface area contributed by atoms with E-state index >= 15 is 0 Å². The molecule has 0 spiro atoms. The Morgan fingerprint density at radius 1 is 1.19 bits per heavy atom. The number of fused-ring (bicyclic) bond motifs is 1. The maximum Gasteiger partial charge on any atom is 0.261 e. The van der Waals surface area contributed by atoms with Crippen LogP contribution in [0.15, 0.2) is 29.3 Å². The Bertz CT molecular complexity index is 902. The number of hydrogen-bond acceptors (Lipinski definition) is 4. The number of benzene rings is 1. The van der Waals surface area contributed by atoms with E-state index in [1.54, 1.807) is 6.07 Å². The molecule has 1 saturated carbocycles. The van der Waals surface area contributed by atoms with Gasteiger partial charge in [0.1, 0.15) is 0 Å². The lowest BCUT2D eigenvalue weighted by Crippen LogP contribution is -2.51. The number of nitrogens with zero attached hydrogens (tertiary/aromatic N) is 4. The predicted octanol–water partition coefficient (Wildman–Crippen LogP) is 2.11. The van der Waals surface area contributed by atoms with Gasteiger partial charge in [-0.25, -0.2) is 13.8 Å². The molecule has 0 atom stereocenters. The number of rotatable bonds is 4. The summed E-state index contributed by atoms with van der Waals surface area (Å²) in [5.74, 6) is 0.498. The van der Waals surface area contributed by atoms with Crippen LogP contribution < -0.4 is 10.5 Å². The fourth-order valence-corrected chi connectivity index (χ4v) is 3.72. The van der Waals surface area contributed by atoms with Gasteiger partial charge in [0.2, 0.25) is 5.91 Å². The van der Waals surface area contributed by atoms with Gasteiger partial charge >= 0.3 is 0 Å². The molecule has 0 radical (unpaired) electrons. The number of carbonyl (C=O) groups is 1. The Morgan fingerprint density at radius 3 is 2.56 bits per heavy atom. The molecule has 8 heteroatoms. The van der Waals surface area contributed by atoms with Crippen molar-refractivity contribution in [2.75, 3.05) is 31.1 Å². The molecule has 4 rings (SSSR count). The van der Waals surface area contributed by atoms with Crippen LogP contribution in [-0.4, -0.2) is 53.0 Å². The lowest BCUT2D eigenvalue weighted by Gasteiger charge is -2.39. The largest absolute Gasteiger partial charge is 0.368 e. The van der Waals surface area contributed by atoms with E-state index in [1.807, 2.05) is 17.0 Å². The minimum atomic E-state index is -2.60. The summed E-state index contributed by atoms with van der Waals surface area (Å²) in [6.45, 7) is 2.19. The molecule has 0 unspecified atom stereocenters. The second-order valence-corrected chi connectivity index (χ2v) is 7.23. The molecule has 1 aromatic heterocycles. The van der Waals surface area contributed by atoms with E-state index in [0.29, 0.717) is 24.0 Å². The second-order valence-electron chi connectivity index (χ2n) is 7.23. The van der Waals surface area contributed by atoms with Crippen LogP contribution in [0.5, 0.6) is 0 Å². The van der Waals surface area contributed by atoms with Crippen molar-refractivity contribution in [1.82, 2.24) is 14.5 Å². The van der Waals surface area contributed by atoms with Crippen LogP contribution in [0.25, 0.3) is 10.9 Å². The molecule has 6 nitrogen and oxygen atoms in total. The quantitative estimate of drug-likeness (QED) is 0.820. The highest BCUT2D eigenvalue weighted by Gasteiger charge is 2.31. The number of alkyl halides is 2. The monoisotopic (exact) mass is 376 g/mol. The first-order chi connectivity index (χ1) is 13.0. The Hall–Kier alpha value is -2.51. The molecule has 27 heavy (non-hydrogen) atoms. The van der Waals surface area contributed by atoms with Crippen molar-refractivity contribution in [2.24, 2.45) is 5.92 Å². The number of amides is 1. The minimum Gasteiger partial charge on any atom is -0.368 e. The third kappa shape index (κ3) is 3.52. The number of anilines is 1. The number of halogens is 2. The summed E-state index contributed by atoms with van der Waals surface area (Å²) in [4.78, 5) is 32.9. The highest BCUT2D eigenvalue weighted by Crippen LogP contribution is 2.29. The highest BCUT2D eigenvalue weighted by molar-refractivity contribution is 5.82. The topological polar surface area (TPSA) is 58.4 Å². The van der Waals surface area contributed by atoms with E-state index in [4.69, 9.17) is 0 Å². The third-order valence-corrected chi connectivity index (χ3v) is 5.55. The summed E-state index contributed by atoms with van der Waals surface area (Å²) < 4.78 is 26.0. The van der Waals surface area contributed by atoms with E-state index in [2.05, 4.69) is 9.88 Å². The zero-order valence-corrected chi connectivity index (χ0v) is 15.0. The van der Waals surface area contributed by atoms with E-state index in [0.717, 1.165) is 42.6 Å². The minimum absolute atomic E-state index is 0.219. The van der Waals surface area contributed by atoms with Crippen molar-refractivity contribution < 1.29 is 13.6 Å². The summed E-state index contributed by atoms with van der Waals surface area (Å²) in [7, 11) is 0. The maximum atomic E-state index is 12.6. The van der Waals surface area contributed by atoms with Crippen molar-refractivity contribution in [1.29, 1.82) is 0 Å². The van der Waals surface area contributed by atoms with Crippen LogP contribution in [0, 0.1) is 5.92 Å². The first-order valence-electron chi connectivity index (χ1n) is 9.34. The van der Waals surface area contributed by atoms with E-state index in [1.165, 1.54) is 6.33 Å². The second kappa shape index (κ2) is 7.25. The van der Waals surface area contributed by atoms with Gasteiger partial charge in [-0.15, -0.1) is 0 Å². The van der Waals surface area contributed by atoms with Crippen LogP contribution in [0.2, 0.25) is 0 Å². The highest BCUT2D eigenvalue weighted by atomic mass is 19.3. The molecule has 1 amide bonds. The Labute approximate surface area is 155 Å². The molecule has 2 aromatic rings. The van der Waals surface area contributed by atoms with Crippen molar-refractivity contribution in [3.63, 3.8) is 0 Å². The molecule has 2 aliphatic rings. The van der Waals surface area contributed by atoms with Crippen LogP contribution in [0.4, 0.5) is 14.5 Å². The van der Waals surface area contributed by atoms with Crippen molar-refractivity contribution >= 4 is 22.5 Å². The molecule has 1 aliphatic carbocycles. The van der Waals surface area contributed by atoms with Crippen LogP contribution >= 0.6 is 0 Å². The average Bonchev–Trinajstić information content (AvgIpc) is 2.62. The van der Waals surface area contributed by atoms with Gasteiger partial charge in [0.05, 0.1) is 23.8 Å². The third-order valence-electron chi connectivity index (χ3n) is 5.55. The summed E-state index contributed by atoms with van der Waals surface area (Å²) in [5, 5.41) is 0.334. The maximum absolute atomic E-state index is 12.6. The molecule has 1 aromatic carbocycles. The van der Waals surface area contributed by atoms with Crippen molar-refractivity contribution in [2.45, 2.75) is 32.2 Å². The normalized spacial score (nSPS) is 18.2. The number of hydrogen-bond donors (Lipinski definition) is 0. The molecule has 2 heterocycles. The smallest absolute Gasteiger partial charge is 0.261 e. The number of piperazine rings is 1. The fourth-order valence-electron chi connectivity index (χ4n) is 3.72. The van der Waals surface area contributed by atoms with Gasteiger partial charge in [-0.3, -0.25) is 14.2 Å². The zero-order valence-electron chi connectivity index (χ0n) is 15.0. The van der Waals surface area contributed by atoms with Crippen LogP contribution in [0.3, 0.4) is 0 Å². The summed E-state index contributed by atoms with van der Waals surface area (Å²) >= 11 is 0. The fraction of sp³-hybridized carbons (Fsp3) is 0.526. The summed E-state index contributed by atoms with van der Waals surface area (Å²) in [6, 6.07) is 5.28. The molecule has 1 saturated heterocycles. The molecule has 1 aliphatic heterocycles. The Kier molecular flexibility index (Phi) is 4.80. The number of carbonyl (C=O) groups excluding carboxylic acids is 1. The molecule has 144 valence electrons. The van der Waals surface area contributed by atoms with Gasteiger partial charge in [-0.1, -0.05) is 6.42 Å². The van der Waals surface area contributed by atoms with E-state index in [-0.39, 0.29) is 11.8 Å². The van der Waals surface area contributed by atoms with Gasteiger partial charge < -0.3 is 9.80 Å². The predicted molar refractivity (Wildman–Crippen MR) is 98.1 cm³/mol. The first-order valence-corrected chi connectivity index (χ1v) is 9.34. The standard InChI is InChI=1S/C19H22F2N4O2/c20-17(21)11-25-12-22-16-10-14(4-5-15(16)19(25)27)23-6-8-24(9-7-23)18(26)13-2-1-3-13/h4-5,10,12-13,17H,1-3,6-9,11H2. The summed E-state index contributed by atoms with van der Waals surface area (Å²) in [6.07, 6.45) is 1.76. The molecule has 0 bridgehead atoms. The van der Waals surface area contributed by atoms with Crippen molar-refractivity contribution in [3.05, 3.63) is 34.9 Å². The van der Waals surface area contributed by atoms with Gasteiger partial charge in [0.25, 0.3) is 12.0 Å².